The molecule has 0 spiro atoms. The van der Waals surface area contributed by atoms with Gasteiger partial charge in [0.1, 0.15) is 0 Å². The summed E-state index contributed by atoms with van der Waals surface area (Å²) in [5.41, 5.74) is -0.288. The molecule has 2 N–H and O–H groups in total. The Kier molecular flexibility index (Phi) is 5.68. The normalized spacial score (nSPS) is 12.4. The number of nitrogens with zero attached hydrogens (tertiary/aromatic N) is 1. The van der Waals surface area contributed by atoms with Gasteiger partial charge in [-0.1, -0.05) is 11.6 Å². The Morgan fingerprint density at radius 1 is 1.38 bits per heavy atom. The fraction of sp³-hybridized carbons (Fsp3) is 0.500. The van der Waals surface area contributed by atoms with Gasteiger partial charge in [0.15, 0.2) is 0 Å². The molecule has 1 aromatic rings. The molecule has 0 radical (unpaired) electrons. The number of benzene rings is 1. The van der Waals surface area contributed by atoms with Crippen LogP contribution in [0, 0.1) is 10.1 Å². The molecule has 0 saturated heterocycles. The van der Waals surface area contributed by atoms with Crippen LogP contribution in [0.2, 0.25) is 5.02 Å². The number of sulfonamides is 1. The molecule has 118 valence electrons. The van der Waals surface area contributed by atoms with E-state index in [1.54, 1.807) is 13.8 Å². The lowest BCUT2D eigenvalue weighted by molar-refractivity contribution is -0.385. The second-order valence-corrected chi connectivity index (χ2v) is 7.58. The van der Waals surface area contributed by atoms with E-state index >= 15 is 0 Å². The molecule has 1 aromatic carbocycles. The molecule has 9 heteroatoms. The maximum absolute atomic E-state index is 11.2. The van der Waals surface area contributed by atoms with Gasteiger partial charge in [0.05, 0.1) is 11.2 Å². The number of hydrogen-bond donors (Lipinski definition) is 2. The van der Waals surface area contributed by atoms with Crippen molar-refractivity contribution in [3.8, 4) is 0 Å². The number of nitrogens with one attached hydrogen (secondary N) is 2. The molecule has 21 heavy (non-hydrogen) atoms. The summed E-state index contributed by atoms with van der Waals surface area (Å²) in [7, 11) is -3.32. The maximum atomic E-state index is 11.2. The lowest BCUT2D eigenvalue weighted by Crippen LogP contribution is -2.49. The number of nitro benzene ring substituents is 1. The number of hydrogen-bond acceptors (Lipinski definition) is 5. The Balaban J connectivity index is 2.72. The number of rotatable bonds is 7. The molecule has 0 saturated carbocycles. The van der Waals surface area contributed by atoms with E-state index in [-0.39, 0.29) is 12.2 Å². The largest absolute Gasteiger partial charge is 0.311 e. The summed E-state index contributed by atoms with van der Waals surface area (Å²) >= 11 is 5.84. The molecular weight excluding hydrogens is 318 g/mol. The van der Waals surface area contributed by atoms with Gasteiger partial charge in [-0.2, -0.15) is 0 Å². The highest BCUT2D eigenvalue weighted by molar-refractivity contribution is 7.88. The van der Waals surface area contributed by atoms with Crippen molar-refractivity contribution in [3.63, 3.8) is 0 Å². The van der Waals surface area contributed by atoms with Crippen LogP contribution < -0.4 is 10.0 Å². The molecular formula is C12H18ClN3O4S. The van der Waals surface area contributed by atoms with Crippen molar-refractivity contribution in [3.05, 3.63) is 38.9 Å². The van der Waals surface area contributed by atoms with Crippen LogP contribution in [0.15, 0.2) is 18.2 Å². The van der Waals surface area contributed by atoms with Crippen molar-refractivity contribution < 1.29 is 13.3 Å². The highest BCUT2D eigenvalue weighted by Crippen LogP contribution is 2.22. The van der Waals surface area contributed by atoms with E-state index in [4.69, 9.17) is 11.6 Å². The molecule has 7 nitrogen and oxygen atoms in total. The van der Waals surface area contributed by atoms with Gasteiger partial charge in [-0.15, -0.1) is 0 Å². The summed E-state index contributed by atoms with van der Waals surface area (Å²) in [4.78, 5) is 10.4. The van der Waals surface area contributed by atoms with Crippen LogP contribution in [0.5, 0.6) is 0 Å². The SMILES string of the molecule is CC(C)(CNCc1cc(Cl)ccc1[N+](=O)[O-])NS(C)(=O)=O. The van der Waals surface area contributed by atoms with Gasteiger partial charge < -0.3 is 5.32 Å². The van der Waals surface area contributed by atoms with Crippen LogP contribution in [0.4, 0.5) is 5.69 Å². The molecule has 1 rings (SSSR count). The van der Waals surface area contributed by atoms with Crippen molar-refractivity contribution in [1.29, 1.82) is 0 Å². The lowest BCUT2D eigenvalue weighted by atomic mass is 10.1. The summed E-state index contributed by atoms with van der Waals surface area (Å²) in [6.07, 6.45) is 1.08. The molecule has 0 aliphatic carbocycles. The van der Waals surface area contributed by atoms with Gasteiger partial charge in [-0.3, -0.25) is 10.1 Å². The van der Waals surface area contributed by atoms with Gasteiger partial charge in [-0.05, 0) is 26.0 Å². The van der Waals surface area contributed by atoms with E-state index in [0.29, 0.717) is 17.1 Å². The minimum atomic E-state index is -3.32. The zero-order valence-electron chi connectivity index (χ0n) is 12.0. The summed E-state index contributed by atoms with van der Waals surface area (Å²) in [6, 6.07) is 4.32. The molecule has 0 aliphatic heterocycles. The van der Waals surface area contributed by atoms with E-state index in [2.05, 4.69) is 10.0 Å². The third kappa shape index (κ3) is 6.38. The first kappa shape index (κ1) is 17.8. The minimum absolute atomic E-state index is 0.0271. The predicted octanol–water partition coefficient (Wildman–Crippen LogP) is 1.67. The number of nitro groups is 1. The fourth-order valence-electron chi connectivity index (χ4n) is 1.92. The average molecular weight is 336 g/mol. The molecule has 0 bridgehead atoms. The Morgan fingerprint density at radius 3 is 2.52 bits per heavy atom. The smallest absolute Gasteiger partial charge is 0.273 e. The van der Waals surface area contributed by atoms with E-state index in [1.165, 1.54) is 18.2 Å². The molecule has 0 aromatic heterocycles. The van der Waals surface area contributed by atoms with Crippen LogP contribution in [0.25, 0.3) is 0 Å². The van der Waals surface area contributed by atoms with E-state index in [1.807, 2.05) is 0 Å². The minimum Gasteiger partial charge on any atom is -0.311 e. The Bertz CT molecular complexity index is 631. The van der Waals surface area contributed by atoms with Crippen molar-refractivity contribution in [1.82, 2.24) is 10.0 Å². The summed E-state index contributed by atoms with van der Waals surface area (Å²) in [6.45, 7) is 3.95. The summed E-state index contributed by atoms with van der Waals surface area (Å²) in [5.74, 6) is 0. The van der Waals surface area contributed by atoms with Crippen LogP contribution >= 0.6 is 11.6 Å². The lowest BCUT2D eigenvalue weighted by Gasteiger charge is -2.25. The monoisotopic (exact) mass is 335 g/mol. The fourth-order valence-corrected chi connectivity index (χ4v) is 3.19. The first-order valence-corrected chi connectivity index (χ1v) is 8.40. The van der Waals surface area contributed by atoms with Crippen LogP contribution in [-0.4, -0.2) is 31.7 Å². The van der Waals surface area contributed by atoms with Gasteiger partial charge in [0.25, 0.3) is 5.69 Å². The highest BCUT2D eigenvalue weighted by Gasteiger charge is 2.22. The Hall–Kier alpha value is -1.22. The van der Waals surface area contributed by atoms with Crippen molar-refractivity contribution in [2.24, 2.45) is 0 Å². The van der Waals surface area contributed by atoms with E-state index in [0.717, 1.165) is 6.26 Å². The predicted molar refractivity (Wildman–Crippen MR) is 81.9 cm³/mol. The first-order chi connectivity index (χ1) is 9.50. The number of halogens is 1. The second kappa shape index (κ2) is 6.69. The van der Waals surface area contributed by atoms with Gasteiger partial charge in [0.2, 0.25) is 10.0 Å². The topological polar surface area (TPSA) is 101 Å². The Labute approximate surface area is 128 Å². The second-order valence-electron chi connectivity index (χ2n) is 5.39. The van der Waals surface area contributed by atoms with Crippen LogP contribution in [0.3, 0.4) is 0 Å². The standard InChI is InChI=1S/C12H18ClN3O4S/c1-12(2,15-21(3,19)20)8-14-7-9-6-10(13)4-5-11(9)16(17)18/h4-6,14-15H,7-8H2,1-3H3. The summed E-state index contributed by atoms with van der Waals surface area (Å²) < 4.78 is 24.9. The Morgan fingerprint density at radius 2 is 2.00 bits per heavy atom. The van der Waals surface area contributed by atoms with Gasteiger partial charge in [0, 0.05) is 35.3 Å². The average Bonchev–Trinajstić information content (AvgIpc) is 2.24. The molecule has 0 atom stereocenters. The van der Waals surface area contributed by atoms with Crippen molar-refractivity contribution >= 4 is 27.3 Å². The van der Waals surface area contributed by atoms with E-state index < -0.39 is 20.5 Å². The molecule has 0 fully saturated rings. The first-order valence-electron chi connectivity index (χ1n) is 6.13. The molecule has 0 aliphatic rings. The molecule has 0 amide bonds. The zero-order valence-corrected chi connectivity index (χ0v) is 13.6. The van der Waals surface area contributed by atoms with Crippen molar-refractivity contribution in [2.75, 3.05) is 12.8 Å². The van der Waals surface area contributed by atoms with Gasteiger partial charge in [-0.25, -0.2) is 13.1 Å². The summed E-state index contributed by atoms with van der Waals surface area (Å²) in [5, 5.41) is 14.3. The molecule has 0 unspecified atom stereocenters. The quantitative estimate of drug-likeness (QED) is 0.583. The maximum Gasteiger partial charge on any atom is 0.273 e. The zero-order chi connectivity index (χ0) is 16.3. The van der Waals surface area contributed by atoms with E-state index in [9.17, 15) is 18.5 Å². The third-order valence-corrected chi connectivity index (χ3v) is 3.74. The molecule has 0 heterocycles. The highest BCUT2D eigenvalue weighted by atomic mass is 35.5. The third-order valence-electron chi connectivity index (χ3n) is 2.58. The van der Waals surface area contributed by atoms with Gasteiger partial charge >= 0.3 is 0 Å². The van der Waals surface area contributed by atoms with Crippen LogP contribution in [-0.2, 0) is 16.6 Å². The van der Waals surface area contributed by atoms with Crippen LogP contribution in [0.1, 0.15) is 19.4 Å². The van der Waals surface area contributed by atoms with Crippen molar-refractivity contribution in [2.45, 2.75) is 25.9 Å².